The summed E-state index contributed by atoms with van der Waals surface area (Å²) in [6.45, 7) is 3.43. The number of nitrogens with zero attached hydrogens (tertiary/aromatic N) is 3. The van der Waals surface area contributed by atoms with Crippen molar-refractivity contribution in [2.45, 2.75) is 0 Å². The Hall–Kier alpha value is -2.53. The van der Waals surface area contributed by atoms with Crippen LogP contribution in [0.25, 0.3) is 16.9 Å². The fourth-order valence-corrected chi connectivity index (χ4v) is 2.91. The Bertz CT molecular complexity index is 822. The number of imidazole rings is 1. The van der Waals surface area contributed by atoms with Gasteiger partial charge in [-0.15, -0.1) is 0 Å². The van der Waals surface area contributed by atoms with Crippen LogP contribution in [0, 0.1) is 0 Å². The first kappa shape index (κ1) is 14.1. The van der Waals surface area contributed by atoms with Crippen molar-refractivity contribution in [2.24, 2.45) is 0 Å². The molecule has 0 unspecified atom stereocenters. The van der Waals surface area contributed by atoms with E-state index in [-0.39, 0.29) is 0 Å². The van der Waals surface area contributed by atoms with Crippen molar-refractivity contribution < 1.29 is 9.47 Å². The summed E-state index contributed by atoms with van der Waals surface area (Å²) in [5.41, 5.74) is 4.15. The van der Waals surface area contributed by atoms with Gasteiger partial charge in [0.2, 0.25) is 0 Å². The van der Waals surface area contributed by atoms with E-state index in [0.29, 0.717) is 0 Å². The molecule has 0 radical (unpaired) electrons. The molecule has 118 valence electrons. The lowest BCUT2D eigenvalue weighted by molar-refractivity contribution is 0.122. The Morgan fingerprint density at radius 2 is 2.00 bits per heavy atom. The van der Waals surface area contributed by atoms with E-state index in [1.165, 1.54) is 5.69 Å². The van der Waals surface area contributed by atoms with Gasteiger partial charge in [0.1, 0.15) is 11.4 Å². The number of pyridine rings is 1. The molecule has 4 rings (SSSR count). The third-order valence-corrected chi connectivity index (χ3v) is 4.19. The number of aromatic nitrogens is 2. The van der Waals surface area contributed by atoms with Gasteiger partial charge in [-0.2, -0.15) is 0 Å². The summed E-state index contributed by atoms with van der Waals surface area (Å²) in [6.07, 6.45) is 4.12. The van der Waals surface area contributed by atoms with Gasteiger partial charge >= 0.3 is 0 Å². The van der Waals surface area contributed by atoms with E-state index < -0.39 is 0 Å². The van der Waals surface area contributed by atoms with Crippen molar-refractivity contribution in [1.29, 1.82) is 0 Å². The van der Waals surface area contributed by atoms with E-state index >= 15 is 0 Å². The van der Waals surface area contributed by atoms with Crippen LogP contribution in [0.3, 0.4) is 0 Å². The lowest BCUT2D eigenvalue weighted by atomic mass is 10.1. The maximum Gasteiger partial charge on any atom is 0.139 e. The predicted molar refractivity (Wildman–Crippen MR) is 90.2 cm³/mol. The first-order valence-corrected chi connectivity index (χ1v) is 7.79. The summed E-state index contributed by atoms with van der Waals surface area (Å²) in [6, 6.07) is 12.2. The lowest BCUT2D eigenvalue weighted by Gasteiger charge is -2.28. The van der Waals surface area contributed by atoms with Crippen LogP contribution in [0.4, 0.5) is 5.69 Å². The number of hydrogen-bond donors (Lipinski definition) is 0. The Kier molecular flexibility index (Phi) is 3.63. The molecule has 0 aliphatic carbocycles. The minimum atomic E-state index is 0.786. The van der Waals surface area contributed by atoms with Crippen LogP contribution in [0.5, 0.6) is 5.75 Å². The number of fused-ring (bicyclic) bond motifs is 1. The van der Waals surface area contributed by atoms with Gasteiger partial charge in [0, 0.05) is 42.8 Å². The van der Waals surface area contributed by atoms with Gasteiger partial charge < -0.3 is 18.8 Å². The normalized spacial score (nSPS) is 15.1. The highest BCUT2D eigenvalue weighted by molar-refractivity contribution is 5.66. The topological polar surface area (TPSA) is 39.0 Å². The van der Waals surface area contributed by atoms with E-state index in [4.69, 9.17) is 14.5 Å². The average molecular weight is 309 g/mol. The largest absolute Gasteiger partial charge is 0.497 e. The Balaban J connectivity index is 1.69. The highest BCUT2D eigenvalue weighted by Gasteiger charge is 2.13. The summed E-state index contributed by atoms with van der Waals surface area (Å²) in [7, 11) is 1.68. The minimum Gasteiger partial charge on any atom is -0.497 e. The molecule has 3 heterocycles. The molecule has 0 spiro atoms. The molecule has 1 fully saturated rings. The van der Waals surface area contributed by atoms with E-state index in [2.05, 4.69) is 27.6 Å². The zero-order valence-corrected chi connectivity index (χ0v) is 13.1. The third-order valence-electron chi connectivity index (χ3n) is 4.19. The second kappa shape index (κ2) is 5.93. The fourth-order valence-electron chi connectivity index (χ4n) is 2.91. The van der Waals surface area contributed by atoms with Gasteiger partial charge in [-0.1, -0.05) is 12.1 Å². The lowest BCUT2D eigenvalue weighted by Crippen LogP contribution is -2.36. The van der Waals surface area contributed by atoms with Crippen LogP contribution in [-0.4, -0.2) is 42.8 Å². The van der Waals surface area contributed by atoms with Crippen molar-refractivity contribution >= 4 is 11.3 Å². The zero-order chi connectivity index (χ0) is 15.6. The molecule has 0 N–H and O–H groups in total. The van der Waals surface area contributed by atoms with Gasteiger partial charge in [0.25, 0.3) is 0 Å². The highest BCUT2D eigenvalue weighted by Crippen LogP contribution is 2.25. The summed E-state index contributed by atoms with van der Waals surface area (Å²) >= 11 is 0. The maximum absolute atomic E-state index is 5.42. The summed E-state index contributed by atoms with van der Waals surface area (Å²) in [4.78, 5) is 7.10. The molecule has 1 aromatic carbocycles. The van der Waals surface area contributed by atoms with Crippen LogP contribution < -0.4 is 9.64 Å². The molecule has 0 saturated carbocycles. The summed E-state index contributed by atoms with van der Waals surface area (Å²) in [5, 5.41) is 0. The monoisotopic (exact) mass is 309 g/mol. The molecule has 0 bridgehead atoms. The molecular formula is C18H19N3O2. The second-order valence-corrected chi connectivity index (χ2v) is 5.61. The highest BCUT2D eigenvalue weighted by atomic mass is 16.5. The molecule has 0 amide bonds. The van der Waals surface area contributed by atoms with Crippen molar-refractivity contribution in [3.63, 3.8) is 0 Å². The number of rotatable bonds is 3. The van der Waals surface area contributed by atoms with Gasteiger partial charge in [0.05, 0.1) is 26.0 Å². The van der Waals surface area contributed by atoms with Gasteiger partial charge in [-0.3, -0.25) is 0 Å². The van der Waals surface area contributed by atoms with Crippen LogP contribution in [0.2, 0.25) is 0 Å². The maximum atomic E-state index is 5.42. The standard InChI is InChI=1S/C18H19N3O2/c1-22-16-4-2-3-14(11-16)17-13-21-6-5-15(12-18(21)19-17)20-7-9-23-10-8-20/h2-6,11-13H,7-10H2,1H3. The molecule has 2 aromatic heterocycles. The molecule has 0 atom stereocenters. The van der Waals surface area contributed by atoms with Crippen LogP contribution in [0.15, 0.2) is 48.8 Å². The Morgan fingerprint density at radius 1 is 1.13 bits per heavy atom. The summed E-state index contributed by atoms with van der Waals surface area (Å²) < 4.78 is 12.8. The third kappa shape index (κ3) is 2.75. The molecule has 1 saturated heterocycles. The number of ether oxygens (including phenoxy) is 2. The van der Waals surface area contributed by atoms with Gasteiger partial charge in [0.15, 0.2) is 0 Å². The number of morpholine rings is 1. The minimum absolute atomic E-state index is 0.786. The van der Waals surface area contributed by atoms with Crippen molar-refractivity contribution in [3.05, 3.63) is 48.8 Å². The Morgan fingerprint density at radius 3 is 2.83 bits per heavy atom. The Labute approximate surface area is 135 Å². The van der Waals surface area contributed by atoms with E-state index in [1.807, 2.05) is 30.5 Å². The van der Waals surface area contributed by atoms with Crippen molar-refractivity contribution in [3.8, 4) is 17.0 Å². The molecule has 1 aliphatic rings. The van der Waals surface area contributed by atoms with Crippen LogP contribution >= 0.6 is 0 Å². The smallest absolute Gasteiger partial charge is 0.139 e. The number of benzene rings is 1. The molecule has 23 heavy (non-hydrogen) atoms. The number of methoxy groups -OCH3 is 1. The first-order chi connectivity index (χ1) is 11.3. The van der Waals surface area contributed by atoms with Gasteiger partial charge in [-0.05, 0) is 18.2 Å². The predicted octanol–water partition coefficient (Wildman–Crippen LogP) is 2.85. The number of anilines is 1. The molecule has 1 aliphatic heterocycles. The zero-order valence-electron chi connectivity index (χ0n) is 13.1. The summed E-state index contributed by atoms with van der Waals surface area (Å²) in [5.74, 6) is 0.841. The molecule has 5 nitrogen and oxygen atoms in total. The molecular weight excluding hydrogens is 290 g/mol. The SMILES string of the molecule is COc1cccc(-c2cn3ccc(N4CCOCC4)cc3n2)c1. The van der Waals surface area contributed by atoms with E-state index in [1.54, 1.807) is 7.11 Å². The van der Waals surface area contributed by atoms with Crippen molar-refractivity contribution in [1.82, 2.24) is 9.38 Å². The fraction of sp³-hybridized carbons (Fsp3) is 0.278. The van der Waals surface area contributed by atoms with Gasteiger partial charge in [-0.25, -0.2) is 4.98 Å². The molecule has 5 heteroatoms. The first-order valence-electron chi connectivity index (χ1n) is 7.79. The molecule has 3 aromatic rings. The second-order valence-electron chi connectivity index (χ2n) is 5.61. The quantitative estimate of drug-likeness (QED) is 0.746. The van der Waals surface area contributed by atoms with E-state index in [0.717, 1.165) is 49.0 Å². The van der Waals surface area contributed by atoms with Crippen molar-refractivity contribution in [2.75, 3.05) is 38.3 Å². The van der Waals surface area contributed by atoms with E-state index in [9.17, 15) is 0 Å². The average Bonchev–Trinajstić information content (AvgIpc) is 3.06. The number of hydrogen-bond acceptors (Lipinski definition) is 4. The van der Waals surface area contributed by atoms with Crippen LogP contribution in [-0.2, 0) is 4.74 Å². The van der Waals surface area contributed by atoms with Crippen LogP contribution in [0.1, 0.15) is 0 Å².